The van der Waals surface area contributed by atoms with Gasteiger partial charge < -0.3 is 14.8 Å². The fourth-order valence-corrected chi connectivity index (χ4v) is 2.71. The molecule has 0 unspecified atom stereocenters. The molecular formula is C18H16N4O4. The molecule has 2 aromatic carbocycles. The van der Waals surface area contributed by atoms with Gasteiger partial charge in [-0.25, -0.2) is 4.68 Å². The standard InChI is InChI=1S/C18H16N4O4/c23-17(19-10-12-4-2-1-3-5-12)11-22-18(24)13-8-15-16(26-7-6-25-15)9-14(13)20-21-22/h1-5,8-9H,6-7,10-11H2,(H,19,23). The summed E-state index contributed by atoms with van der Waals surface area (Å²) in [6.07, 6.45) is 0. The van der Waals surface area contributed by atoms with E-state index in [-0.39, 0.29) is 12.5 Å². The number of fused-ring (bicyclic) bond motifs is 2. The molecule has 2 heterocycles. The molecule has 0 atom stereocenters. The van der Waals surface area contributed by atoms with E-state index >= 15 is 0 Å². The number of nitrogens with one attached hydrogen (secondary N) is 1. The van der Waals surface area contributed by atoms with E-state index in [1.807, 2.05) is 30.3 Å². The zero-order chi connectivity index (χ0) is 17.9. The number of hydrogen-bond donors (Lipinski definition) is 1. The number of carbonyl (C=O) groups excluding carboxylic acids is 1. The first-order chi connectivity index (χ1) is 12.7. The van der Waals surface area contributed by atoms with Crippen molar-refractivity contribution in [3.8, 4) is 11.5 Å². The number of nitrogens with zero attached hydrogens (tertiary/aromatic N) is 3. The van der Waals surface area contributed by atoms with Crippen molar-refractivity contribution in [2.24, 2.45) is 0 Å². The van der Waals surface area contributed by atoms with Crippen LogP contribution in [0.2, 0.25) is 0 Å². The predicted molar refractivity (Wildman–Crippen MR) is 93.1 cm³/mol. The molecule has 1 aromatic heterocycles. The van der Waals surface area contributed by atoms with Gasteiger partial charge >= 0.3 is 0 Å². The van der Waals surface area contributed by atoms with E-state index in [1.54, 1.807) is 12.1 Å². The summed E-state index contributed by atoms with van der Waals surface area (Å²) < 4.78 is 12.0. The molecule has 26 heavy (non-hydrogen) atoms. The summed E-state index contributed by atoms with van der Waals surface area (Å²) >= 11 is 0. The quantitative estimate of drug-likeness (QED) is 0.749. The summed E-state index contributed by atoms with van der Waals surface area (Å²) in [6, 6.07) is 12.7. The second-order valence-corrected chi connectivity index (χ2v) is 5.83. The molecular weight excluding hydrogens is 336 g/mol. The van der Waals surface area contributed by atoms with E-state index in [0.717, 1.165) is 10.2 Å². The minimum Gasteiger partial charge on any atom is -0.486 e. The fraction of sp³-hybridized carbons (Fsp3) is 0.222. The van der Waals surface area contributed by atoms with Crippen LogP contribution in [-0.4, -0.2) is 34.1 Å². The molecule has 8 nitrogen and oxygen atoms in total. The number of amides is 1. The lowest BCUT2D eigenvalue weighted by atomic mass is 10.2. The van der Waals surface area contributed by atoms with Crippen LogP contribution in [0.25, 0.3) is 10.9 Å². The highest BCUT2D eigenvalue weighted by atomic mass is 16.6. The number of carbonyl (C=O) groups is 1. The summed E-state index contributed by atoms with van der Waals surface area (Å²) in [4.78, 5) is 24.7. The zero-order valence-electron chi connectivity index (χ0n) is 13.8. The average Bonchev–Trinajstić information content (AvgIpc) is 2.68. The maximum absolute atomic E-state index is 12.6. The third kappa shape index (κ3) is 3.21. The van der Waals surface area contributed by atoms with Gasteiger partial charge in [-0.15, -0.1) is 5.10 Å². The SMILES string of the molecule is O=C(Cn1nnc2cc3c(cc2c1=O)OCCO3)NCc1ccccc1. The van der Waals surface area contributed by atoms with Crippen LogP contribution in [0.15, 0.2) is 47.3 Å². The number of hydrogen-bond acceptors (Lipinski definition) is 6. The van der Waals surface area contributed by atoms with Gasteiger partial charge in [0.15, 0.2) is 11.5 Å². The summed E-state index contributed by atoms with van der Waals surface area (Å²) in [7, 11) is 0. The molecule has 1 aliphatic heterocycles. The number of ether oxygens (including phenoxy) is 2. The van der Waals surface area contributed by atoms with E-state index in [2.05, 4.69) is 15.6 Å². The van der Waals surface area contributed by atoms with E-state index in [0.29, 0.717) is 42.2 Å². The molecule has 1 amide bonds. The second-order valence-electron chi connectivity index (χ2n) is 5.83. The molecule has 0 radical (unpaired) electrons. The van der Waals surface area contributed by atoms with E-state index in [9.17, 15) is 9.59 Å². The molecule has 3 aromatic rings. The van der Waals surface area contributed by atoms with E-state index in [4.69, 9.17) is 9.47 Å². The van der Waals surface area contributed by atoms with Gasteiger partial charge in [0.1, 0.15) is 25.3 Å². The van der Waals surface area contributed by atoms with E-state index < -0.39 is 5.56 Å². The maximum atomic E-state index is 12.6. The molecule has 0 spiro atoms. The Balaban J connectivity index is 1.54. The van der Waals surface area contributed by atoms with Crippen molar-refractivity contribution in [2.75, 3.05) is 13.2 Å². The smallest absolute Gasteiger partial charge is 0.278 e. The lowest BCUT2D eigenvalue weighted by molar-refractivity contribution is -0.122. The Hall–Kier alpha value is -3.42. The first-order valence-electron chi connectivity index (χ1n) is 8.18. The number of rotatable bonds is 4. The van der Waals surface area contributed by atoms with Gasteiger partial charge in [-0.3, -0.25) is 9.59 Å². The van der Waals surface area contributed by atoms with Crippen LogP contribution in [0, 0.1) is 0 Å². The molecule has 0 fully saturated rings. The molecule has 8 heteroatoms. The second kappa shape index (κ2) is 6.83. The van der Waals surface area contributed by atoms with Gasteiger partial charge in [-0.05, 0) is 11.6 Å². The third-order valence-electron chi connectivity index (χ3n) is 4.01. The predicted octanol–water partition coefficient (Wildman–Crippen LogP) is 0.879. The van der Waals surface area contributed by atoms with Crippen LogP contribution in [0.5, 0.6) is 11.5 Å². The zero-order valence-corrected chi connectivity index (χ0v) is 13.8. The fourth-order valence-electron chi connectivity index (χ4n) is 2.71. The topological polar surface area (TPSA) is 95.3 Å². The Morgan fingerprint density at radius 3 is 2.62 bits per heavy atom. The van der Waals surface area contributed by atoms with Crippen LogP contribution in [0.1, 0.15) is 5.56 Å². The molecule has 1 aliphatic rings. The largest absolute Gasteiger partial charge is 0.486 e. The lowest BCUT2D eigenvalue weighted by Crippen LogP contribution is -2.34. The van der Waals surface area contributed by atoms with Gasteiger partial charge in [0.25, 0.3) is 5.56 Å². The number of aromatic nitrogens is 3. The molecule has 4 rings (SSSR count). The van der Waals surface area contributed by atoms with Crippen molar-refractivity contribution in [1.82, 2.24) is 20.3 Å². The highest BCUT2D eigenvalue weighted by Gasteiger charge is 2.17. The Morgan fingerprint density at radius 1 is 1.12 bits per heavy atom. The van der Waals surface area contributed by atoms with Gasteiger partial charge in [0, 0.05) is 12.6 Å². The van der Waals surface area contributed by atoms with Crippen LogP contribution in [0.4, 0.5) is 0 Å². The van der Waals surface area contributed by atoms with Gasteiger partial charge in [-0.1, -0.05) is 35.5 Å². The summed E-state index contributed by atoms with van der Waals surface area (Å²) in [6.45, 7) is 1.05. The molecule has 1 N–H and O–H groups in total. The van der Waals surface area contributed by atoms with Crippen molar-refractivity contribution in [3.63, 3.8) is 0 Å². The molecule has 132 valence electrons. The Bertz CT molecular complexity index is 1020. The van der Waals surface area contributed by atoms with Crippen molar-refractivity contribution < 1.29 is 14.3 Å². The highest BCUT2D eigenvalue weighted by molar-refractivity contribution is 5.82. The normalized spacial score (nSPS) is 12.8. The Labute approximate surface area is 148 Å². The van der Waals surface area contributed by atoms with Gasteiger partial charge in [0.2, 0.25) is 5.91 Å². The van der Waals surface area contributed by atoms with Crippen molar-refractivity contribution in [3.05, 3.63) is 58.4 Å². The summed E-state index contributed by atoms with van der Waals surface area (Å²) in [5.41, 5.74) is 0.976. The maximum Gasteiger partial charge on any atom is 0.278 e. The molecule has 0 saturated carbocycles. The Kier molecular flexibility index (Phi) is 4.22. The third-order valence-corrected chi connectivity index (χ3v) is 4.01. The monoisotopic (exact) mass is 352 g/mol. The summed E-state index contributed by atoms with van der Waals surface area (Å²) in [5, 5.41) is 11.0. The molecule has 0 aliphatic carbocycles. The van der Waals surface area contributed by atoms with Crippen LogP contribution in [-0.2, 0) is 17.9 Å². The van der Waals surface area contributed by atoms with Gasteiger partial charge in [0.05, 0.1) is 5.39 Å². The van der Waals surface area contributed by atoms with Crippen LogP contribution in [0.3, 0.4) is 0 Å². The lowest BCUT2D eigenvalue weighted by Gasteiger charge is -2.18. The van der Waals surface area contributed by atoms with Crippen molar-refractivity contribution in [2.45, 2.75) is 13.1 Å². The first-order valence-corrected chi connectivity index (χ1v) is 8.18. The van der Waals surface area contributed by atoms with Crippen LogP contribution < -0.4 is 20.3 Å². The van der Waals surface area contributed by atoms with Crippen molar-refractivity contribution >= 4 is 16.8 Å². The molecule has 0 saturated heterocycles. The van der Waals surface area contributed by atoms with E-state index in [1.165, 1.54) is 0 Å². The van der Waals surface area contributed by atoms with Gasteiger partial charge in [-0.2, -0.15) is 0 Å². The van der Waals surface area contributed by atoms with Crippen LogP contribution >= 0.6 is 0 Å². The molecule has 0 bridgehead atoms. The minimum atomic E-state index is -0.401. The highest BCUT2D eigenvalue weighted by Crippen LogP contribution is 2.32. The number of benzene rings is 2. The first kappa shape index (κ1) is 16.1. The minimum absolute atomic E-state index is 0.205. The van der Waals surface area contributed by atoms with Crippen molar-refractivity contribution in [1.29, 1.82) is 0 Å². The summed E-state index contributed by atoms with van der Waals surface area (Å²) in [5.74, 6) is 0.715. The average molecular weight is 352 g/mol. The Morgan fingerprint density at radius 2 is 1.85 bits per heavy atom.